The number of nitrogens with zero attached hydrogens (tertiary/aromatic N) is 1. The second-order valence-corrected chi connectivity index (χ2v) is 4.87. The van der Waals surface area contributed by atoms with Gasteiger partial charge in [0, 0.05) is 18.9 Å². The Morgan fingerprint density at radius 3 is 3.06 bits per heavy atom. The standard InChI is InChI=1S/C13H17NO2/c15-11-8-10-4-1-2-6-14(10)12(9-11)13-5-3-7-16-13/h3,5,7,10,12H,1-2,4,6,8-9H2. The Morgan fingerprint density at radius 2 is 2.25 bits per heavy atom. The molecule has 3 nitrogen and oxygen atoms in total. The van der Waals surface area contributed by atoms with Crippen LogP contribution in [0, 0.1) is 0 Å². The number of piperidine rings is 2. The molecule has 0 aromatic carbocycles. The van der Waals surface area contributed by atoms with E-state index in [1.54, 1.807) is 6.26 Å². The molecule has 3 heteroatoms. The van der Waals surface area contributed by atoms with Crippen LogP contribution < -0.4 is 0 Å². The molecule has 2 saturated heterocycles. The van der Waals surface area contributed by atoms with Crippen molar-refractivity contribution in [3.8, 4) is 0 Å². The number of rotatable bonds is 1. The fraction of sp³-hybridized carbons (Fsp3) is 0.615. The third kappa shape index (κ3) is 1.69. The van der Waals surface area contributed by atoms with E-state index in [1.807, 2.05) is 12.1 Å². The van der Waals surface area contributed by atoms with E-state index in [0.717, 1.165) is 18.7 Å². The van der Waals surface area contributed by atoms with Crippen LogP contribution in [0.1, 0.15) is 43.9 Å². The van der Waals surface area contributed by atoms with Gasteiger partial charge in [0.25, 0.3) is 0 Å². The van der Waals surface area contributed by atoms with Gasteiger partial charge in [0.1, 0.15) is 11.5 Å². The Labute approximate surface area is 95.4 Å². The molecule has 0 amide bonds. The first-order valence-electron chi connectivity index (χ1n) is 6.15. The summed E-state index contributed by atoms with van der Waals surface area (Å²) in [5.41, 5.74) is 0. The van der Waals surface area contributed by atoms with Crippen molar-refractivity contribution in [2.45, 2.75) is 44.2 Å². The van der Waals surface area contributed by atoms with Gasteiger partial charge in [-0.25, -0.2) is 0 Å². The largest absolute Gasteiger partial charge is 0.468 e. The normalized spacial score (nSPS) is 31.4. The third-order valence-electron chi connectivity index (χ3n) is 3.83. The summed E-state index contributed by atoms with van der Waals surface area (Å²) in [5.74, 6) is 1.35. The topological polar surface area (TPSA) is 33.5 Å². The summed E-state index contributed by atoms with van der Waals surface area (Å²) in [7, 11) is 0. The number of ketones is 1. The van der Waals surface area contributed by atoms with E-state index < -0.39 is 0 Å². The molecule has 3 heterocycles. The molecule has 86 valence electrons. The highest BCUT2D eigenvalue weighted by Crippen LogP contribution is 2.37. The monoisotopic (exact) mass is 219 g/mol. The predicted octanol–water partition coefficient (Wildman–Crippen LogP) is 2.54. The first-order chi connectivity index (χ1) is 7.84. The number of fused-ring (bicyclic) bond motifs is 1. The maximum absolute atomic E-state index is 11.8. The Hall–Kier alpha value is -1.09. The highest BCUT2D eigenvalue weighted by molar-refractivity contribution is 5.80. The lowest BCUT2D eigenvalue weighted by Crippen LogP contribution is -2.47. The molecule has 0 aliphatic carbocycles. The molecule has 0 N–H and O–H groups in total. The Bertz CT molecular complexity index is 371. The summed E-state index contributed by atoms with van der Waals surface area (Å²) in [4.78, 5) is 14.2. The van der Waals surface area contributed by atoms with Gasteiger partial charge in [-0.3, -0.25) is 9.69 Å². The van der Waals surface area contributed by atoms with Crippen molar-refractivity contribution < 1.29 is 9.21 Å². The highest BCUT2D eigenvalue weighted by Gasteiger charge is 2.37. The molecule has 16 heavy (non-hydrogen) atoms. The zero-order valence-electron chi connectivity index (χ0n) is 9.39. The quantitative estimate of drug-likeness (QED) is 0.727. The van der Waals surface area contributed by atoms with Gasteiger partial charge in [0.15, 0.2) is 0 Å². The summed E-state index contributed by atoms with van der Waals surface area (Å²) in [6.07, 6.45) is 6.76. The fourth-order valence-corrected chi connectivity index (χ4v) is 3.08. The van der Waals surface area contributed by atoms with Crippen LogP contribution in [-0.4, -0.2) is 23.3 Å². The maximum Gasteiger partial charge on any atom is 0.136 e. The smallest absolute Gasteiger partial charge is 0.136 e. The molecular weight excluding hydrogens is 202 g/mol. The van der Waals surface area contributed by atoms with Gasteiger partial charge in [0.05, 0.1) is 12.3 Å². The summed E-state index contributed by atoms with van der Waals surface area (Å²) >= 11 is 0. The highest BCUT2D eigenvalue weighted by atomic mass is 16.3. The van der Waals surface area contributed by atoms with E-state index in [-0.39, 0.29) is 6.04 Å². The Morgan fingerprint density at radius 1 is 1.31 bits per heavy atom. The molecule has 0 spiro atoms. The minimum Gasteiger partial charge on any atom is -0.468 e. The van der Waals surface area contributed by atoms with Crippen LogP contribution in [0.5, 0.6) is 0 Å². The maximum atomic E-state index is 11.8. The number of Topliss-reactive ketones (excluding diaryl/α,β-unsaturated/α-hetero) is 1. The van der Waals surface area contributed by atoms with Crippen molar-refractivity contribution in [1.82, 2.24) is 4.90 Å². The zero-order chi connectivity index (χ0) is 11.0. The van der Waals surface area contributed by atoms with Crippen molar-refractivity contribution in [3.63, 3.8) is 0 Å². The second kappa shape index (κ2) is 4.06. The van der Waals surface area contributed by atoms with Crippen LogP contribution in [0.25, 0.3) is 0 Å². The Balaban J connectivity index is 1.87. The van der Waals surface area contributed by atoms with Crippen LogP contribution in [0.4, 0.5) is 0 Å². The van der Waals surface area contributed by atoms with Gasteiger partial charge < -0.3 is 4.42 Å². The van der Waals surface area contributed by atoms with E-state index in [4.69, 9.17) is 4.42 Å². The first-order valence-corrected chi connectivity index (χ1v) is 6.15. The lowest BCUT2D eigenvalue weighted by atomic mass is 9.87. The van der Waals surface area contributed by atoms with Crippen LogP contribution in [-0.2, 0) is 4.79 Å². The van der Waals surface area contributed by atoms with Crippen LogP contribution >= 0.6 is 0 Å². The van der Waals surface area contributed by atoms with Crippen molar-refractivity contribution in [2.24, 2.45) is 0 Å². The minimum absolute atomic E-state index is 0.196. The summed E-state index contributed by atoms with van der Waals surface area (Å²) in [6.45, 7) is 1.11. The van der Waals surface area contributed by atoms with Crippen molar-refractivity contribution in [3.05, 3.63) is 24.2 Å². The lowest BCUT2D eigenvalue weighted by molar-refractivity contribution is -0.127. The molecule has 2 aliphatic rings. The third-order valence-corrected chi connectivity index (χ3v) is 3.83. The lowest BCUT2D eigenvalue weighted by Gasteiger charge is -2.43. The first kappa shape index (κ1) is 10.1. The molecule has 0 bridgehead atoms. The van der Waals surface area contributed by atoms with Gasteiger partial charge in [-0.2, -0.15) is 0 Å². The second-order valence-electron chi connectivity index (χ2n) is 4.87. The SMILES string of the molecule is O=C1CC2CCCCN2C(c2ccco2)C1. The number of hydrogen-bond donors (Lipinski definition) is 0. The molecule has 0 saturated carbocycles. The van der Waals surface area contributed by atoms with Crippen LogP contribution in [0.3, 0.4) is 0 Å². The summed E-state index contributed by atoms with van der Waals surface area (Å²) in [5, 5.41) is 0. The predicted molar refractivity (Wildman–Crippen MR) is 60.0 cm³/mol. The van der Waals surface area contributed by atoms with Crippen LogP contribution in [0.15, 0.2) is 22.8 Å². The van der Waals surface area contributed by atoms with Gasteiger partial charge in [-0.1, -0.05) is 6.42 Å². The molecule has 2 atom stereocenters. The zero-order valence-corrected chi connectivity index (χ0v) is 9.39. The van der Waals surface area contributed by atoms with Gasteiger partial charge >= 0.3 is 0 Å². The average molecular weight is 219 g/mol. The molecule has 2 fully saturated rings. The average Bonchev–Trinajstić information content (AvgIpc) is 2.81. The van der Waals surface area contributed by atoms with E-state index in [2.05, 4.69) is 4.90 Å². The summed E-state index contributed by atoms with van der Waals surface area (Å²) < 4.78 is 5.48. The van der Waals surface area contributed by atoms with E-state index >= 15 is 0 Å². The summed E-state index contributed by atoms with van der Waals surface area (Å²) in [6, 6.07) is 4.56. The van der Waals surface area contributed by atoms with Gasteiger partial charge in [-0.05, 0) is 31.5 Å². The number of furan rings is 1. The number of hydrogen-bond acceptors (Lipinski definition) is 3. The van der Waals surface area contributed by atoms with E-state index in [1.165, 1.54) is 19.3 Å². The van der Waals surface area contributed by atoms with Crippen molar-refractivity contribution in [2.75, 3.05) is 6.54 Å². The molecule has 1 aromatic rings. The van der Waals surface area contributed by atoms with Gasteiger partial charge in [0.2, 0.25) is 0 Å². The van der Waals surface area contributed by atoms with E-state index in [9.17, 15) is 4.79 Å². The molecule has 3 rings (SSSR count). The van der Waals surface area contributed by atoms with Crippen LogP contribution in [0.2, 0.25) is 0 Å². The molecule has 2 unspecified atom stereocenters. The Kier molecular flexibility index (Phi) is 2.56. The molecular formula is C13H17NO2. The molecule has 0 radical (unpaired) electrons. The van der Waals surface area contributed by atoms with E-state index in [0.29, 0.717) is 18.2 Å². The minimum atomic E-state index is 0.196. The number of carbonyl (C=O) groups excluding carboxylic acids is 1. The molecule has 2 aliphatic heterocycles. The number of carbonyl (C=O) groups is 1. The van der Waals surface area contributed by atoms with Crippen molar-refractivity contribution in [1.29, 1.82) is 0 Å². The van der Waals surface area contributed by atoms with Crippen molar-refractivity contribution >= 4 is 5.78 Å². The fourth-order valence-electron chi connectivity index (χ4n) is 3.08. The van der Waals surface area contributed by atoms with Gasteiger partial charge in [-0.15, -0.1) is 0 Å². The molecule has 1 aromatic heterocycles.